The van der Waals surface area contributed by atoms with Crippen molar-refractivity contribution in [2.24, 2.45) is 5.92 Å². The van der Waals surface area contributed by atoms with Gasteiger partial charge in [0.2, 0.25) is 0 Å². The minimum atomic E-state index is -4.21. The molecule has 2 fully saturated rings. The molecule has 2 aromatic heterocycles. The number of fused-ring (bicyclic) bond motifs is 4. The number of amides is 2. The smallest absolute Gasteiger partial charge is 0.356 e. The average Bonchev–Trinajstić information content (AvgIpc) is 2.78. The number of alkyl halides is 3. The molecule has 3 aliphatic rings. The molecule has 4 heterocycles. The van der Waals surface area contributed by atoms with Crippen LogP contribution in [0.25, 0.3) is 0 Å². The van der Waals surface area contributed by atoms with Crippen LogP contribution in [0.5, 0.6) is 0 Å². The van der Waals surface area contributed by atoms with E-state index in [0.717, 1.165) is 36.8 Å². The first-order valence-electron chi connectivity index (χ1n) is 11.6. The van der Waals surface area contributed by atoms with E-state index in [9.17, 15) is 18.0 Å². The molecule has 2 bridgehead atoms. The first-order chi connectivity index (χ1) is 15.8. The van der Waals surface area contributed by atoms with Crippen LogP contribution in [0.4, 0.5) is 35.3 Å². The number of nitrogens with one attached hydrogen (secondary N) is 1. The molecular formula is C24H28F3N5O. The lowest BCUT2D eigenvalue weighted by molar-refractivity contribution is -0.176. The van der Waals surface area contributed by atoms with E-state index in [1.807, 2.05) is 25.1 Å². The molecule has 2 amide bonds. The minimum Gasteiger partial charge on any atom is -0.356 e. The van der Waals surface area contributed by atoms with Gasteiger partial charge in [-0.2, -0.15) is 13.2 Å². The summed E-state index contributed by atoms with van der Waals surface area (Å²) in [6.07, 6.45) is 3.58. The molecule has 0 radical (unpaired) electrons. The molecule has 176 valence electrons. The van der Waals surface area contributed by atoms with Crippen molar-refractivity contribution < 1.29 is 18.0 Å². The Labute approximate surface area is 191 Å². The van der Waals surface area contributed by atoms with E-state index >= 15 is 0 Å². The third-order valence-electron chi connectivity index (χ3n) is 7.12. The third-order valence-corrected chi connectivity index (χ3v) is 7.12. The second-order valence-corrected chi connectivity index (χ2v) is 9.48. The second kappa shape index (κ2) is 8.50. The number of hydrogen-bond donors (Lipinski definition) is 1. The number of aromatic nitrogens is 2. The topological polar surface area (TPSA) is 61.4 Å². The Morgan fingerprint density at radius 3 is 2.79 bits per heavy atom. The van der Waals surface area contributed by atoms with E-state index < -0.39 is 12.1 Å². The number of nitrogens with zero attached hydrogens (tertiary/aromatic N) is 4. The Morgan fingerprint density at radius 1 is 1.15 bits per heavy atom. The van der Waals surface area contributed by atoms with Gasteiger partial charge in [0, 0.05) is 25.3 Å². The standard InChI is InChI=1S/C24H28F3N5O/c1-15-10-18(13-28-12-15)29-23(33)32-19-6-2-4-16(11-19)20-7-8-21(30-22(20)32)31-9-3-5-17(14-31)24(25,26)27/h7-8,10,12-13,16-17,19H,2-6,9,11,14H2,1H3,(H,29,33)/t16?,17?,19-/m0/s1. The molecule has 9 heteroatoms. The zero-order valence-electron chi connectivity index (χ0n) is 18.6. The maximum atomic E-state index is 13.4. The van der Waals surface area contributed by atoms with Gasteiger partial charge >= 0.3 is 12.2 Å². The van der Waals surface area contributed by atoms with Gasteiger partial charge < -0.3 is 10.2 Å². The van der Waals surface area contributed by atoms with Crippen LogP contribution < -0.4 is 15.1 Å². The highest BCUT2D eigenvalue weighted by Crippen LogP contribution is 2.46. The van der Waals surface area contributed by atoms with Crippen molar-refractivity contribution in [3.63, 3.8) is 0 Å². The first kappa shape index (κ1) is 22.0. The molecular weight excluding hydrogens is 431 g/mol. The summed E-state index contributed by atoms with van der Waals surface area (Å²) in [5.74, 6) is 0.0735. The van der Waals surface area contributed by atoms with E-state index in [4.69, 9.17) is 4.98 Å². The van der Waals surface area contributed by atoms with Crippen LogP contribution in [-0.4, -0.2) is 41.3 Å². The molecule has 0 spiro atoms. The van der Waals surface area contributed by atoms with Crippen LogP contribution in [0.1, 0.15) is 55.6 Å². The van der Waals surface area contributed by atoms with Crippen molar-refractivity contribution >= 4 is 23.4 Å². The quantitative estimate of drug-likeness (QED) is 0.631. The maximum absolute atomic E-state index is 13.4. The molecule has 1 saturated heterocycles. The summed E-state index contributed by atoms with van der Waals surface area (Å²) in [6, 6.07) is 5.41. The lowest BCUT2D eigenvalue weighted by Crippen LogP contribution is -2.49. The molecule has 0 aromatic carbocycles. The van der Waals surface area contributed by atoms with E-state index in [2.05, 4.69) is 10.3 Å². The number of piperidine rings is 1. The normalized spacial score (nSPS) is 24.9. The van der Waals surface area contributed by atoms with Gasteiger partial charge in [0.25, 0.3) is 0 Å². The highest BCUT2D eigenvalue weighted by Gasteiger charge is 2.43. The van der Waals surface area contributed by atoms with Gasteiger partial charge in [0.15, 0.2) is 0 Å². The summed E-state index contributed by atoms with van der Waals surface area (Å²) in [5.41, 5.74) is 2.56. The van der Waals surface area contributed by atoms with E-state index in [-0.39, 0.29) is 25.0 Å². The fourth-order valence-corrected chi connectivity index (χ4v) is 5.51. The van der Waals surface area contributed by atoms with Crippen LogP contribution in [0, 0.1) is 12.8 Å². The number of pyridine rings is 2. The molecule has 6 nitrogen and oxygen atoms in total. The molecule has 1 saturated carbocycles. The van der Waals surface area contributed by atoms with Crippen molar-refractivity contribution in [1.29, 1.82) is 0 Å². The van der Waals surface area contributed by atoms with Gasteiger partial charge in [0.1, 0.15) is 11.6 Å². The predicted molar refractivity (Wildman–Crippen MR) is 121 cm³/mol. The van der Waals surface area contributed by atoms with E-state index in [1.165, 1.54) is 0 Å². The number of carbonyl (C=O) groups is 1. The monoisotopic (exact) mass is 459 g/mol. The molecule has 33 heavy (non-hydrogen) atoms. The summed E-state index contributed by atoms with van der Waals surface area (Å²) in [5, 5.41) is 2.94. The van der Waals surface area contributed by atoms with Gasteiger partial charge in [-0.3, -0.25) is 9.88 Å². The number of halogens is 3. The number of carbonyl (C=O) groups excluding carboxylic acids is 1. The number of hydrogen-bond acceptors (Lipinski definition) is 4. The predicted octanol–water partition coefficient (Wildman–Crippen LogP) is 5.64. The Hall–Kier alpha value is -2.84. The summed E-state index contributed by atoms with van der Waals surface area (Å²) >= 11 is 0. The average molecular weight is 460 g/mol. The number of aryl methyl sites for hydroxylation is 1. The summed E-state index contributed by atoms with van der Waals surface area (Å²) in [7, 11) is 0. The molecule has 1 aliphatic carbocycles. The van der Waals surface area contributed by atoms with Crippen molar-refractivity contribution in [2.45, 2.75) is 63.6 Å². The largest absolute Gasteiger partial charge is 0.393 e. The molecule has 2 aliphatic heterocycles. The Bertz CT molecular complexity index is 1040. The van der Waals surface area contributed by atoms with Gasteiger partial charge in [-0.15, -0.1) is 0 Å². The Balaban J connectivity index is 1.46. The van der Waals surface area contributed by atoms with Crippen molar-refractivity contribution in [2.75, 3.05) is 28.2 Å². The van der Waals surface area contributed by atoms with Gasteiger partial charge in [-0.25, -0.2) is 9.78 Å². The summed E-state index contributed by atoms with van der Waals surface area (Å²) in [6.45, 7) is 2.35. The molecule has 2 aromatic rings. The van der Waals surface area contributed by atoms with Crippen molar-refractivity contribution in [3.8, 4) is 0 Å². The van der Waals surface area contributed by atoms with Crippen LogP contribution in [0.15, 0.2) is 30.6 Å². The zero-order chi connectivity index (χ0) is 23.2. The van der Waals surface area contributed by atoms with Crippen LogP contribution in [-0.2, 0) is 0 Å². The van der Waals surface area contributed by atoms with Crippen molar-refractivity contribution in [1.82, 2.24) is 9.97 Å². The third kappa shape index (κ3) is 4.37. The summed E-state index contributed by atoms with van der Waals surface area (Å²) < 4.78 is 40.0. The maximum Gasteiger partial charge on any atom is 0.393 e. The van der Waals surface area contributed by atoms with Gasteiger partial charge in [0.05, 0.1) is 17.8 Å². The van der Waals surface area contributed by atoms with Crippen LogP contribution >= 0.6 is 0 Å². The number of urea groups is 1. The Morgan fingerprint density at radius 2 is 2.00 bits per heavy atom. The highest BCUT2D eigenvalue weighted by molar-refractivity contribution is 6.02. The molecule has 5 rings (SSSR count). The highest BCUT2D eigenvalue weighted by atomic mass is 19.4. The molecule has 2 unspecified atom stereocenters. The van der Waals surface area contributed by atoms with E-state index in [1.54, 1.807) is 22.2 Å². The SMILES string of the molecule is Cc1cncc(NC(=O)N2c3nc(N4CCCC(C(F)(F)F)C4)ccc3C3CCC[C@H]2C3)c1. The molecule has 1 N–H and O–H groups in total. The zero-order valence-corrected chi connectivity index (χ0v) is 18.6. The van der Waals surface area contributed by atoms with Gasteiger partial charge in [-0.1, -0.05) is 12.5 Å². The first-order valence-corrected chi connectivity index (χ1v) is 11.6. The Kier molecular flexibility index (Phi) is 5.66. The number of anilines is 3. The lowest BCUT2D eigenvalue weighted by Gasteiger charge is -2.44. The second-order valence-electron chi connectivity index (χ2n) is 9.48. The number of rotatable bonds is 2. The fraction of sp³-hybridized carbons (Fsp3) is 0.542. The van der Waals surface area contributed by atoms with Crippen LogP contribution in [0.2, 0.25) is 0 Å². The summed E-state index contributed by atoms with van der Waals surface area (Å²) in [4.78, 5) is 25.8. The van der Waals surface area contributed by atoms with Crippen LogP contribution in [0.3, 0.4) is 0 Å². The van der Waals surface area contributed by atoms with Gasteiger partial charge in [-0.05, 0) is 68.2 Å². The minimum absolute atomic E-state index is 0.0287. The van der Waals surface area contributed by atoms with Crippen molar-refractivity contribution in [3.05, 3.63) is 41.7 Å². The lowest BCUT2D eigenvalue weighted by atomic mass is 9.77. The van der Waals surface area contributed by atoms with E-state index in [0.29, 0.717) is 36.2 Å². The fourth-order valence-electron chi connectivity index (χ4n) is 5.51. The molecule has 3 atom stereocenters.